The van der Waals surface area contributed by atoms with Gasteiger partial charge in [0.15, 0.2) is 0 Å². The predicted octanol–water partition coefficient (Wildman–Crippen LogP) is 2.93. The van der Waals surface area contributed by atoms with Crippen molar-refractivity contribution in [2.45, 2.75) is 81.6 Å². The Bertz CT molecular complexity index is 658. The lowest BCUT2D eigenvalue weighted by Gasteiger charge is -2.44. The van der Waals surface area contributed by atoms with Gasteiger partial charge in [0, 0.05) is 24.1 Å². The molecule has 5 nitrogen and oxygen atoms in total. The number of nitrogens with one attached hydrogen (secondary N) is 1. The fourth-order valence-electron chi connectivity index (χ4n) is 6.31. The zero-order chi connectivity index (χ0) is 16.9. The molecule has 136 valence electrons. The topological polar surface area (TPSA) is 67.1 Å². The number of hydrogen-bond acceptors (Lipinski definition) is 5. The third kappa shape index (κ3) is 2.38. The maximum Gasteiger partial charge on any atom is 0.222 e. The van der Waals surface area contributed by atoms with Crippen LogP contribution in [-0.4, -0.2) is 35.1 Å². The highest BCUT2D eigenvalue weighted by atomic mass is 15.3. The summed E-state index contributed by atoms with van der Waals surface area (Å²) in [5.74, 6) is 1.68. The molecule has 5 heteroatoms. The quantitative estimate of drug-likeness (QED) is 0.822. The van der Waals surface area contributed by atoms with Gasteiger partial charge < -0.3 is 16.0 Å². The van der Waals surface area contributed by atoms with Gasteiger partial charge in [-0.1, -0.05) is 12.8 Å². The Morgan fingerprint density at radius 1 is 0.920 bits per heavy atom. The lowest BCUT2D eigenvalue weighted by atomic mass is 9.71. The minimum atomic E-state index is 0.257. The molecule has 0 amide bonds. The molecule has 2 spiro atoms. The normalized spacial score (nSPS) is 31.0. The standard InChI is InChI=1S/C20H31N5/c21-18-23-16-15(6-3-9-19(16)7-1-2-8-19)17(24-18)25-13-5-11-20(25)10-4-12-22-14-20/h22H,1-14H2,(H2,21,23,24). The van der Waals surface area contributed by atoms with Crippen molar-refractivity contribution in [1.29, 1.82) is 0 Å². The highest BCUT2D eigenvalue weighted by Crippen LogP contribution is 2.51. The Balaban J connectivity index is 1.61. The Kier molecular flexibility index (Phi) is 3.70. The molecule has 5 rings (SSSR count). The number of nitrogens with two attached hydrogens (primary N) is 1. The maximum atomic E-state index is 6.25. The van der Waals surface area contributed by atoms with E-state index in [2.05, 4.69) is 10.2 Å². The van der Waals surface area contributed by atoms with Gasteiger partial charge in [0.25, 0.3) is 0 Å². The molecule has 2 saturated heterocycles. The first-order chi connectivity index (χ1) is 12.2. The smallest absolute Gasteiger partial charge is 0.222 e. The molecule has 3 heterocycles. The summed E-state index contributed by atoms with van der Waals surface area (Å²) in [6.45, 7) is 3.37. The van der Waals surface area contributed by atoms with Crippen molar-refractivity contribution in [1.82, 2.24) is 15.3 Å². The van der Waals surface area contributed by atoms with E-state index in [9.17, 15) is 0 Å². The number of fused-ring (bicyclic) bond motifs is 2. The van der Waals surface area contributed by atoms with Crippen LogP contribution in [0.3, 0.4) is 0 Å². The van der Waals surface area contributed by atoms with Gasteiger partial charge in [-0.15, -0.1) is 0 Å². The largest absolute Gasteiger partial charge is 0.368 e. The average molecular weight is 342 g/mol. The fourth-order valence-corrected chi connectivity index (χ4v) is 6.31. The average Bonchev–Trinajstić information content (AvgIpc) is 3.24. The molecule has 25 heavy (non-hydrogen) atoms. The van der Waals surface area contributed by atoms with Crippen LogP contribution in [-0.2, 0) is 11.8 Å². The van der Waals surface area contributed by atoms with Crippen molar-refractivity contribution in [2.24, 2.45) is 0 Å². The number of aromatic nitrogens is 2. The highest BCUT2D eigenvalue weighted by Gasteiger charge is 2.46. The van der Waals surface area contributed by atoms with Crippen LogP contribution < -0.4 is 16.0 Å². The molecule has 0 bridgehead atoms. The number of nitrogen functional groups attached to an aromatic ring is 1. The summed E-state index contributed by atoms with van der Waals surface area (Å²) < 4.78 is 0. The van der Waals surface area contributed by atoms with Crippen molar-refractivity contribution in [3.05, 3.63) is 11.3 Å². The van der Waals surface area contributed by atoms with Crippen LogP contribution >= 0.6 is 0 Å². The minimum Gasteiger partial charge on any atom is -0.368 e. The fraction of sp³-hybridized carbons (Fsp3) is 0.800. The van der Waals surface area contributed by atoms with Gasteiger partial charge in [0.1, 0.15) is 5.82 Å². The van der Waals surface area contributed by atoms with E-state index in [0.29, 0.717) is 11.4 Å². The van der Waals surface area contributed by atoms with E-state index in [1.807, 2.05) is 0 Å². The summed E-state index contributed by atoms with van der Waals surface area (Å²) in [6, 6.07) is 0. The van der Waals surface area contributed by atoms with E-state index in [-0.39, 0.29) is 5.54 Å². The van der Waals surface area contributed by atoms with Gasteiger partial charge in [-0.3, -0.25) is 0 Å². The first-order valence-electron chi connectivity index (χ1n) is 10.4. The van der Waals surface area contributed by atoms with E-state index in [0.717, 1.165) is 26.1 Å². The van der Waals surface area contributed by atoms with Gasteiger partial charge in [0.2, 0.25) is 5.95 Å². The van der Waals surface area contributed by atoms with Gasteiger partial charge in [-0.25, -0.2) is 4.98 Å². The molecule has 1 aromatic heterocycles. The molecule has 3 fully saturated rings. The third-order valence-electron chi connectivity index (χ3n) is 7.45. The molecule has 1 aromatic rings. The third-order valence-corrected chi connectivity index (χ3v) is 7.45. The summed E-state index contributed by atoms with van der Waals surface area (Å²) >= 11 is 0. The summed E-state index contributed by atoms with van der Waals surface area (Å²) in [5.41, 5.74) is 9.58. The van der Waals surface area contributed by atoms with Crippen molar-refractivity contribution >= 4 is 11.8 Å². The van der Waals surface area contributed by atoms with E-state index >= 15 is 0 Å². The Hall–Kier alpha value is -1.36. The molecule has 4 aliphatic rings. The van der Waals surface area contributed by atoms with Crippen LogP contribution in [0.25, 0.3) is 0 Å². The van der Waals surface area contributed by atoms with E-state index < -0.39 is 0 Å². The second-order valence-electron chi connectivity index (χ2n) is 8.83. The van der Waals surface area contributed by atoms with Crippen molar-refractivity contribution in [3.8, 4) is 0 Å². The van der Waals surface area contributed by atoms with E-state index in [4.69, 9.17) is 15.7 Å². The van der Waals surface area contributed by atoms with Gasteiger partial charge >= 0.3 is 0 Å². The number of rotatable bonds is 1. The van der Waals surface area contributed by atoms with Crippen LogP contribution in [0.4, 0.5) is 11.8 Å². The predicted molar refractivity (Wildman–Crippen MR) is 101 cm³/mol. The van der Waals surface area contributed by atoms with Crippen LogP contribution in [0.15, 0.2) is 0 Å². The number of hydrogen-bond donors (Lipinski definition) is 2. The van der Waals surface area contributed by atoms with E-state index in [1.54, 1.807) is 0 Å². The molecule has 3 N–H and O–H groups in total. The minimum absolute atomic E-state index is 0.257. The molecular formula is C20H31N5. The van der Waals surface area contributed by atoms with Crippen LogP contribution in [0, 0.1) is 0 Å². The molecular weight excluding hydrogens is 310 g/mol. The van der Waals surface area contributed by atoms with Crippen LogP contribution in [0.5, 0.6) is 0 Å². The van der Waals surface area contributed by atoms with Crippen LogP contribution in [0.1, 0.15) is 75.5 Å². The lowest BCUT2D eigenvalue weighted by molar-refractivity contribution is 0.312. The first kappa shape index (κ1) is 15.9. The monoisotopic (exact) mass is 341 g/mol. The van der Waals surface area contributed by atoms with Crippen molar-refractivity contribution in [2.75, 3.05) is 30.3 Å². The molecule has 1 unspecified atom stereocenters. The zero-order valence-corrected chi connectivity index (χ0v) is 15.3. The lowest BCUT2D eigenvalue weighted by Crippen LogP contribution is -2.55. The van der Waals surface area contributed by atoms with Crippen molar-refractivity contribution in [3.63, 3.8) is 0 Å². The number of piperidine rings is 1. The van der Waals surface area contributed by atoms with Crippen molar-refractivity contribution < 1.29 is 0 Å². The summed E-state index contributed by atoms with van der Waals surface area (Å²) in [6.07, 6.45) is 14.1. The SMILES string of the molecule is Nc1nc(N2CCCC23CCCNC3)c2c(n1)C1(CCCC1)CCC2. The number of anilines is 2. The Morgan fingerprint density at radius 2 is 1.72 bits per heavy atom. The number of nitrogens with zero attached hydrogens (tertiary/aromatic N) is 3. The maximum absolute atomic E-state index is 6.25. The van der Waals surface area contributed by atoms with Crippen LogP contribution in [0.2, 0.25) is 0 Å². The van der Waals surface area contributed by atoms with Gasteiger partial charge in [0.05, 0.1) is 11.2 Å². The summed E-state index contributed by atoms with van der Waals surface area (Å²) in [7, 11) is 0. The first-order valence-corrected chi connectivity index (χ1v) is 10.4. The van der Waals surface area contributed by atoms with E-state index in [1.165, 1.54) is 81.3 Å². The molecule has 1 saturated carbocycles. The van der Waals surface area contributed by atoms with Gasteiger partial charge in [-0.2, -0.15) is 4.98 Å². The second kappa shape index (κ2) is 5.83. The molecule has 0 aromatic carbocycles. The summed E-state index contributed by atoms with van der Waals surface area (Å²) in [5, 5.41) is 3.64. The molecule has 2 aliphatic heterocycles. The molecule has 2 aliphatic carbocycles. The zero-order valence-electron chi connectivity index (χ0n) is 15.3. The van der Waals surface area contributed by atoms with Gasteiger partial charge in [-0.05, 0) is 64.3 Å². The molecule has 0 radical (unpaired) electrons. The Labute approximate surface area is 150 Å². The summed E-state index contributed by atoms with van der Waals surface area (Å²) in [4.78, 5) is 12.3. The molecule has 1 atom stereocenters. The Morgan fingerprint density at radius 3 is 2.52 bits per heavy atom. The highest BCUT2D eigenvalue weighted by molar-refractivity contribution is 5.57. The second-order valence-corrected chi connectivity index (χ2v) is 8.83.